The number of esters is 1. The molecule has 0 N–H and O–H groups in total. The van der Waals surface area contributed by atoms with E-state index in [1.807, 2.05) is 0 Å². The van der Waals surface area contributed by atoms with Crippen LogP contribution in [0.2, 0.25) is 0 Å². The van der Waals surface area contributed by atoms with Crippen molar-refractivity contribution in [3.05, 3.63) is 67.4 Å². The molecule has 0 spiro atoms. The Balaban J connectivity index is 2.14. The van der Waals surface area contributed by atoms with E-state index in [0.29, 0.717) is 15.8 Å². The Bertz CT molecular complexity index is 1150. The number of thiazole rings is 1. The summed E-state index contributed by atoms with van der Waals surface area (Å²) in [5.74, 6) is -0.975. The van der Waals surface area contributed by atoms with Crippen molar-refractivity contribution in [3.8, 4) is 0 Å². The molecule has 0 aliphatic rings. The number of halogens is 1. The first kappa shape index (κ1) is 19.9. The highest BCUT2D eigenvalue weighted by molar-refractivity contribution is 9.10. The second kappa shape index (κ2) is 8.44. The summed E-state index contributed by atoms with van der Waals surface area (Å²) in [6, 6.07) is 11.0. The van der Waals surface area contributed by atoms with Crippen molar-refractivity contribution in [1.29, 1.82) is 0 Å². The van der Waals surface area contributed by atoms with E-state index in [-0.39, 0.29) is 23.6 Å². The molecule has 1 aromatic heterocycles. The van der Waals surface area contributed by atoms with E-state index in [1.165, 1.54) is 22.8 Å². The van der Waals surface area contributed by atoms with E-state index >= 15 is 0 Å². The Hall–Kier alpha value is -2.85. The number of amides is 1. The van der Waals surface area contributed by atoms with Crippen LogP contribution < -0.4 is 4.80 Å². The number of aromatic nitrogens is 1. The van der Waals surface area contributed by atoms with Gasteiger partial charge in [-0.15, -0.1) is 0 Å². The van der Waals surface area contributed by atoms with E-state index in [2.05, 4.69) is 20.9 Å². The number of nitro groups is 1. The van der Waals surface area contributed by atoms with Gasteiger partial charge in [0.15, 0.2) is 4.80 Å². The summed E-state index contributed by atoms with van der Waals surface area (Å²) in [5, 5.41) is 11.0. The minimum Gasteiger partial charge on any atom is -0.465 e. The summed E-state index contributed by atoms with van der Waals surface area (Å²) < 4.78 is 7.79. The molecule has 3 aromatic rings. The van der Waals surface area contributed by atoms with Crippen molar-refractivity contribution < 1.29 is 19.2 Å². The number of hydrogen-bond donors (Lipinski definition) is 0. The number of ether oxygens (including phenoxy) is 1. The van der Waals surface area contributed by atoms with Gasteiger partial charge in [0.1, 0.15) is 6.54 Å². The van der Waals surface area contributed by atoms with E-state index in [1.54, 1.807) is 31.2 Å². The van der Waals surface area contributed by atoms with Gasteiger partial charge in [-0.05, 0) is 31.2 Å². The average Bonchev–Trinajstić information content (AvgIpc) is 2.98. The number of rotatable bonds is 5. The number of carbonyl (C=O) groups is 2. The topological polar surface area (TPSA) is 104 Å². The van der Waals surface area contributed by atoms with Crippen LogP contribution in [0.25, 0.3) is 10.2 Å². The molecular formula is C18H14BrN3O5S. The quantitative estimate of drug-likeness (QED) is 0.326. The molecule has 0 unspecified atom stereocenters. The van der Waals surface area contributed by atoms with E-state index in [0.717, 1.165) is 15.8 Å². The van der Waals surface area contributed by atoms with Gasteiger partial charge in [-0.3, -0.25) is 19.7 Å². The lowest BCUT2D eigenvalue weighted by Crippen LogP contribution is -2.23. The number of fused-ring (bicyclic) bond motifs is 1. The van der Waals surface area contributed by atoms with Crippen LogP contribution in [0.15, 0.2) is 51.9 Å². The Morgan fingerprint density at radius 1 is 1.29 bits per heavy atom. The third kappa shape index (κ3) is 4.34. The van der Waals surface area contributed by atoms with Crippen LogP contribution in [0.3, 0.4) is 0 Å². The minimum atomic E-state index is -0.502. The standard InChI is InChI=1S/C18H14BrN3O5S/c1-2-27-16(23)10-21-14-7-6-13(22(25)26)9-15(14)28-18(21)20-17(24)11-4-3-5-12(19)8-11/h3-9H,2,10H2,1H3. The molecule has 0 bridgehead atoms. The second-order valence-corrected chi connectivity index (χ2v) is 7.54. The van der Waals surface area contributed by atoms with Crippen LogP contribution in [-0.2, 0) is 16.1 Å². The summed E-state index contributed by atoms with van der Waals surface area (Å²) in [4.78, 5) is 39.5. The maximum atomic E-state index is 12.6. The molecule has 144 valence electrons. The lowest BCUT2D eigenvalue weighted by atomic mass is 10.2. The van der Waals surface area contributed by atoms with Crippen LogP contribution in [0, 0.1) is 10.1 Å². The molecule has 1 amide bonds. The molecule has 1 heterocycles. The predicted molar refractivity (Wildman–Crippen MR) is 107 cm³/mol. The normalized spacial score (nSPS) is 11.6. The first-order valence-corrected chi connectivity index (χ1v) is 9.78. The van der Waals surface area contributed by atoms with Crippen LogP contribution in [0.5, 0.6) is 0 Å². The van der Waals surface area contributed by atoms with Crippen molar-refractivity contribution in [2.45, 2.75) is 13.5 Å². The number of carbonyl (C=O) groups excluding carboxylic acids is 2. The molecule has 3 rings (SSSR count). The fourth-order valence-corrected chi connectivity index (χ4v) is 3.98. The van der Waals surface area contributed by atoms with Gasteiger partial charge in [0.25, 0.3) is 11.6 Å². The monoisotopic (exact) mass is 463 g/mol. The van der Waals surface area contributed by atoms with Crippen molar-refractivity contribution in [3.63, 3.8) is 0 Å². The SMILES string of the molecule is CCOC(=O)Cn1c(=NC(=O)c2cccc(Br)c2)sc2cc([N+](=O)[O-])ccc21. The van der Waals surface area contributed by atoms with Gasteiger partial charge >= 0.3 is 5.97 Å². The second-order valence-electron chi connectivity index (χ2n) is 5.61. The molecule has 0 saturated carbocycles. The van der Waals surface area contributed by atoms with Gasteiger partial charge in [-0.25, -0.2) is 0 Å². The van der Waals surface area contributed by atoms with Gasteiger partial charge in [0.05, 0.1) is 21.7 Å². The lowest BCUT2D eigenvalue weighted by molar-refractivity contribution is -0.384. The molecule has 0 atom stereocenters. The molecule has 28 heavy (non-hydrogen) atoms. The first-order valence-electron chi connectivity index (χ1n) is 8.17. The van der Waals surface area contributed by atoms with Gasteiger partial charge < -0.3 is 9.30 Å². The third-order valence-corrected chi connectivity index (χ3v) is 5.27. The van der Waals surface area contributed by atoms with Crippen molar-refractivity contribution in [1.82, 2.24) is 4.57 Å². The first-order chi connectivity index (χ1) is 13.4. The van der Waals surface area contributed by atoms with Crippen molar-refractivity contribution in [2.24, 2.45) is 4.99 Å². The third-order valence-electron chi connectivity index (χ3n) is 3.74. The number of nitrogens with zero attached hydrogens (tertiary/aromatic N) is 3. The fraction of sp³-hybridized carbons (Fsp3) is 0.167. The zero-order chi connectivity index (χ0) is 20.3. The van der Waals surface area contributed by atoms with Crippen LogP contribution >= 0.6 is 27.3 Å². The van der Waals surface area contributed by atoms with Crippen LogP contribution in [0.1, 0.15) is 17.3 Å². The summed E-state index contributed by atoms with van der Waals surface area (Å²) in [6.07, 6.45) is 0. The Labute approximate surface area is 171 Å². The highest BCUT2D eigenvalue weighted by Crippen LogP contribution is 2.23. The maximum Gasteiger partial charge on any atom is 0.326 e. The van der Waals surface area contributed by atoms with Gasteiger partial charge in [0.2, 0.25) is 0 Å². The molecule has 10 heteroatoms. The Morgan fingerprint density at radius 2 is 2.07 bits per heavy atom. The summed E-state index contributed by atoms with van der Waals surface area (Å²) in [7, 11) is 0. The summed E-state index contributed by atoms with van der Waals surface area (Å²) in [5.41, 5.74) is 0.854. The average molecular weight is 464 g/mol. The number of hydrogen-bond acceptors (Lipinski definition) is 6. The minimum absolute atomic E-state index is 0.0816. The zero-order valence-electron chi connectivity index (χ0n) is 14.6. The van der Waals surface area contributed by atoms with Crippen LogP contribution in [0.4, 0.5) is 5.69 Å². The molecule has 0 aliphatic heterocycles. The van der Waals surface area contributed by atoms with Crippen molar-refractivity contribution in [2.75, 3.05) is 6.61 Å². The van der Waals surface area contributed by atoms with Crippen LogP contribution in [-0.4, -0.2) is 28.0 Å². The van der Waals surface area contributed by atoms with E-state index in [4.69, 9.17) is 4.74 Å². The molecule has 0 fully saturated rings. The van der Waals surface area contributed by atoms with Gasteiger partial charge in [-0.2, -0.15) is 4.99 Å². The smallest absolute Gasteiger partial charge is 0.326 e. The molecule has 0 saturated heterocycles. The number of benzene rings is 2. The highest BCUT2D eigenvalue weighted by atomic mass is 79.9. The highest BCUT2D eigenvalue weighted by Gasteiger charge is 2.15. The molecular weight excluding hydrogens is 450 g/mol. The number of non-ortho nitro benzene ring substituents is 1. The Morgan fingerprint density at radius 3 is 2.75 bits per heavy atom. The molecule has 8 nitrogen and oxygen atoms in total. The maximum absolute atomic E-state index is 12.6. The van der Waals surface area contributed by atoms with Gasteiger partial charge in [0, 0.05) is 22.2 Å². The molecule has 0 aliphatic carbocycles. The fourth-order valence-electron chi connectivity index (χ4n) is 2.52. The molecule has 0 radical (unpaired) electrons. The van der Waals surface area contributed by atoms with Gasteiger partial charge in [-0.1, -0.05) is 33.3 Å². The Kier molecular flexibility index (Phi) is 6.00. The largest absolute Gasteiger partial charge is 0.465 e. The summed E-state index contributed by atoms with van der Waals surface area (Å²) >= 11 is 4.40. The predicted octanol–water partition coefficient (Wildman–Crippen LogP) is 3.68. The summed E-state index contributed by atoms with van der Waals surface area (Å²) in [6.45, 7) is 1.76. The molecule has 2 aromatic carbocycles. The van der Waals surface area contributed by atoms with Crippen molar-refractivity contribution >= 4 is 55.0 Å². The number of nitro benzene ring substituents is 1. The van der Waals surface area contributed by atoms with E-state index < -0.39 is 16.8 Å². The lowest BCUT2D eigenvalue weighted by Gasteiger charge is -2.05. The zero-order valence-corrected chi connectivity index (χ0v) is 17.0. The van der Waals surface area contributed by atoms with E-state index in [9.17, 15) is 19.7 Å².